The van der Waals surface area contributed by atoms with Crippen LogP contribution >= 0.6 is 0 Å². The average molecular weight is 350 g/mol. The summed E-state index contributed by atoms with van der Waals surface area (Å²) in [5.74, 6) is 0.703. The van der Waals surface area contributed by atoms with Gasteiger partial charge in [0.25, 0.3) is 5.91 Å². The molecule has 0 saturated heterocycles. The molecule has 3 rings (SSSR count). The molecule has 3 aromatic rings. The molecule has 0 aliphatic heterocycles. The highest BCUT2D eigenvalue weighted by Gasteiger charge is 2.09. The molecule has 0 bridgehead atoms. The Morgan fingerprint density at radius 1 is 1.19 bits per heavy atom. The lowest BCUT2D eigenvalue weighted by molar-refractivity contribution is 0.0954. The summed E-state index contributed by atoms with van der Waals surface area (Å²) in [7, 11) is 1.88. The molecule has 2 aromatic carbocycles. The fraction of sp³-hybridized carbons (Fsp3) is 0.250. The molecule has 134 valence electrons. The van der Waals surface area contributed by atoms with Crippen LogP contribution in [0.25, 0.3) is 11.1 Å². The first-order valence-corrected chi connectivity index (χ1v) is 8.54. The van der Waals surface area contributed by atoms with Gasteiger partial charge in [0.15, 0.2) is 0 Å². The highest BCUT2D eigenvalue weighted by atomic mass is 16.3. The number of aromatic nitrogens is 3. The topological polar surface area (TPSA) is 80.0 Å². The Morgan fingerprint density at radius 2 is 1.92 bits per heavy atom. The number of carbonyl (C=O) groups is 1. The third kappa shape index (κ3) is 4.15. The van der Waals surface area contributed by atoms with E-state index in [2.05, 4.69) is 15.5 Å². The van der Waals surface area contributed by atoms with Crippen LogP contribution in [0.5, 0.6) is 0 Å². The van der Waals surface area contributed by atoms with Crippen LogP contribution in [0.3, 0.4) is 0 Å². The van der Waals surface area contributed by atoms with Crippen molar-refractivity contribution in [3.05, 3.63) is 71.8 Å². The zero-order valence-electron chi connectivity index (χ0n) is 14.9. The van der Waals surface area contributed by atoms with Crippen LogP contribution in [-0.2, 0) is 13.5 Å². The molecule has 0 aliphatic rings. The van der Waals surface area contributed by atoms with Crippen molar-refractivity contribution >= 4 is 5.91 Å². The van der Waals surface area contributed by atoms with E-state index < -0.39 is 6.10 Å². The highest BCUT2D eigenvalue weighted by molar-refractivity contribution is 5.95. The summed E-state index contributed by atoms with van der Waals surface area (Å²) in [4.78, 5) is 12.4. The van der Waals surface area contributed by atoms with Gasteiger partial charge in [-0.1, -0.05) is 30.3 Å². The molecular weight excluding hydrogens is 328 g/mol. The molecule has 0 aliphatic carbocycles. The molecule has 6 heteroatoms. The fourth-order valence-corrected chi connectivity index (χ4v) is 2.74. The zero-order valence-corrected chi connectivity index (χ0v) is 14.9. The van der Waals surface area contributed by atoms with Crippen molar-refractivity contribution in [2.24, 2.45) is 7.05 Å². The van der Waals surface area contributed by atoms with Gasteiger partial charge in [-0.2, -0.15) is 0 Å². The fourth-order valence-electron chi connectivity index (χ4n) is 2.74. The molecule has 0 unspecified atom stereocenters. The number of benzene rings is 2. The number of aliphatic hydroxyl groups excluding tert-OH is 1. The smallest absolute Gasteiger partial charge is 0.251 e. The van der Waals surface area contributed by atoms with Gasteiger partial charge in [0, 0.05) is 25.6 Å². The van der Waals surface area contributed by atoms with Crippen LogP contribution in [0.2, 0.25) is 0 Å². The summed E-state index contributed by atoms with van der Waals surface area (Å²) in [5, 5.41) is 20.5. The Hall–Kier alpha value is -2.99. The first kappa shape index (κ1) is 17.8. The van der Waals surface area contributed by atoms with Crippen molar-refractivity contribution in [2.75, 3.05) is 6.54 Å². The largest absolute Gasteiger partial charge is 0.389 e. The van der Waals surface area contributed by atoms with E-state index in [4.69, 9.17) is 0 Å². The van der Waals surface area contributed by atoms with Gasteiger partial charge in [0.2, 0.25) is 0 Å². The number of carbonyl (C=O) groups excluding carboxylic acids is 1. The zero-order chi connectivity index (χ0) is 18.5. The molecule has 2 N–H and O–H groups in total. The lowest BCUT2D eigenvalue weighted by Gasteiger charge is -2.10. The lowest BCUT2D eigenvalue weighted by atomic mass is 9.99. The maximum Gasteiger partial charge on any atom is 0.251 e. The molecule has 1 heterocycles. The molecule has 1 amide bonds. The van der Waals surface area contributed by atoms with Gasteiger partial charge in [-0.05, 0) is 41.8 Å². The van der Waals surface area contributed by atoms with E-state index in [1.165, 1.54) is 0 Å². The normalized spacial score (nSPS) is 12.0. The van der Waals surface area contributed by atoms with E-state index in [9.17, 15) is 9.90 Å². The SMILES string of the molecule is C[C@H](O)c1cccc(-c2cccc(C(=O)NCCc3nncn3C)c2)c1. The summed E-state index contributed by atoms with van der Waals surface area (Å²) in [5.41, 5.74) is 3.36. The van der Waals surface area contributed by atoms with Gasteiger partial charge in [-0.25, -0.2) is 0 Å². The predicted molar refractivity (Wildman–Crippen MR) is 99.6 cm³/mol. The molecule has 26 heavy (non-hydrogen) atoms. The van der Waals surface area contributed by atoms with E-state index in [1.54, 1.807) is 19.3 Å². The van der Waals surface area contributed by atoms with Gasteiger partial charge in [0.05, 0.1) is 6.10 Å². The standard InChI is InChI=1S/C20H22N4O2/c1-14(25)15-5-3-6-16(11-15)17-7-4-8-18(12-17)20(26)21-10-9-19-23-22-13-24(19)2/h3-8,11-14,25H,9-10H2,1-2H3,(H,21,26)/t14-/m0/s1. The predicted octanol–water partition coefficient (Wildman–Crippen LogP) is 2.51. The Bertz CT molecular complexity index is 902. The van der Waals surface area contributed by atoms with Crippen LogP contribution in [0.15, 0.2) is 54.9 Å². The number of hydrogen-bond donors (Lipinski definition) is 2. The van der Waals surface area contributed by atoms with E-state index in [-0.39, 0.29) is 5.91 Å². The lowest BCUT2D eigenvalue weighted by Crippen LogP contribution is -2.26. The maximum atomic E-state index is 12.4. The van der Waals surface area contributed by atoms with E-state index >= 15 is 0 Å². The second-order valence-electron chi connectivity index (χ2n) is 6.25. The number of nitrogens with one attached hydrogen (secondary N) is 1. The van der Waals surface area contributed by atoms with Crippen LogP contribution in [0.1, 0.15) is 34.8 Å². The van der Waals surface area contributed by atoms with Crippen molar-refractivity contribution in [3.8, 4) is 11.1 Å². The quantitative estimate of drug-likeness (QED) is 0.716. The van der Waals surface area contributed by atoms with Crippen LogP contribution in [0.4, 0.5) is 0 Å². The van der Waals surface area contributed by atoms with Gasteiger partial charge in [0.1, 0.15) is 12.2 Å². The first-order valence-electron chi connectivity index (χ1n) is 8.54. The van der Waals surface area contributed by atoms with E-state index in [0.29, 0.717) is 18.5 Å². The Kier molecular flexibility index (Phi) is 5.43. The van der Waals surface area contributed by atoms with Gasteiger partial charge in [-0.15, -0.1) is 10.2 Å². The van der Waals surface area contributed by atoms with Crippen molar-refractivity contribution in [1.29, 1.82) is 0 Å². The molecule has 1 atom stereocenters. The van der Waals surface area contributed by atoms with E-state index in [1.807, 2.05) is 54.1 Å². The molecule has 0 saturated carbocycles. The number of hydrogen-bond acceptors (Lipinski definition) is 4. The maximum absolute atomic E-state index is 12.4. The summed E-state index contributed by atoms with van der Waals surface area (Å²) >= 11 is 0. The van der Waals surface area contributed by atoms with Crippen molar-refractivity contribution in [3.63, 3.8) is 0 Å². The molecule has 0 fully saturated rings. The molecule has 1 aromatic heterocycles. The summed E-state index contributed by atoms with van der Waals surface area (Å²) in [6.45, 7) is 2.23. The van der Waals surface area contributed by atoms with Gasteiger partial charge in [-0.3, -0.25) is 4.79 Å². The Balaban J connectivity index is 1.69. The Morgan fingerprint density at radius 3 is 2.62 bits per heavy atom. The highest BCUT2D eigenvalue weighted by Crippen LogP contribution is 2.24. The van der Waals surface area contributed by atoms with Crippen molar-refractivity contribution in [1.82, 2.24) is 20.1 Å². The van der Waals surface area contributed by atoms with Gasteiger partial charge < -0.3 is 15.0 Å². The minimum absolute atomic E-state index is 0.124. The average Bonchev–Trinajstić information content (AvgIpc) is 3.07. The monoisotopic (exact) mass is 350 g/mol. The summed E-state index contributed by atoms with van der Waals surface area (Å²) in [6, 6.07) is 15.2. The van der Waals surface area contributed by atoms with Crippen LogP contribution < -0.4 is 5.32 Å². The van der Waals surface area contributed by atoms with Crippen molar-refractivity contribution < 1.29 is 9.90 Å². The molecule has 6 nitrogen and oxygen atoms in total. The van der Waals surface area contributed by atoms with Crippen molar-refractivity contribution in [2.45, 2.75) is 19.4 Å². The second-order valence-corrected chi connectivity index (χ2v) is 6.25. The van der Waals surface area contributed by atoms with E-state index in [0.717, 1.165) is 22.5 Å². The third-order valence-corrected chi connectivity index (χ3v) is 4.27. The van der Waals surface area contributed by atoms with Crippen LogP contribution in [0, 0.1) is 0 Å². The number of aryl methyl sites for hydroxylation is 1. The number of amides is 1. The minimum atomic E-state index is -0.526. The summed E-state index contributed by atoms with van der Waals surface area (Å²) < 4.78 is 1.84. The number of aliphatic hydroxyl groups is 1. The first-order chi connectivity index (χ1) is 12.5. The van der Waals surface area contributed by atoms with Gasteiger partial charge >= 0.3 is 0 Å². The molecule has 0 spiro atoms. The third-order valence-electron chi connectivity index (χ3n) is 4.27. The van der Waals surface area contributed by atoms with Crippen LogP contribution in [-0.4, -0.2) is 32.3 Å². The molecular formula is C20H22N4O2. The second kappa shape index (κ2) is 7.93. The number of nitrogens with zero attached hydrogens (tertiary/aromatic N) is 3. The number of rotatable bonds is 6. The summed E-state index contributed by atoms with van der Waals surface area (Å²) in [6.07, 6.45) is 1.74. The minimum Gasteiger partial charge on any atom is -0.389 e. The molecule has 0 radical (unpaired) electrons. The Labute approximate surface area is 152 Å².